The van der Waals surface area contributed by atoms with Crippen molar-refractivity contribution in [3.05, 3.63) is 71.3 Å². The first-order chi connectivity index (χ1) is 14.6. The van der Waals surface area contributed by atoms with Gasteiger partial charge in [-0.3, -0.25) is 9.59 Å². The number of amides is 2. The fourth-order valence-electron chi connectivity index (χ4n) is 4.02. The molecule has 0 spiro atoms. The van der Waals surface area contributed by atoms with Crippen LogP contribution in [0.5, 0.6) is 0 Å². The normalized spacial score (nSPS) is 17.8. The van der Waals surface area contributed by atoms with E-state index in [0.717, 1.165) is 17.5 Å². The maximum Gasteiger partial charge on any atom is 0.227 e. The maximum absolute atomic E-state index is 13.4. The van der Waals surface area contributed by atoms with Gasteiger partial charge >= 0.3 is 0 Å². The van der Waals surface area contributed by atoms with Crippen LogP contribution in [0.25, 0.3) is 0 Å². The van der Waals surface area contributed by atoms with E-state index in [9.17, 15) is 18.4 Å². The molecule has 1 fully saturated rings. The molecule has 31 heavy (non-hydrogen) atoms. The Morgan fingerprint density at radius 3 is 2.19 bits per heavy atom. The summed E-state index contributed by atoms with van der Waals surface area (Å²) in [5, 5.41) is 3.14. The highest BCUT2D eigenvalue weighted by Crippen LogP contribution is 2.33. The highest BCUT2D eigenvalue weighted by atomic mass is 19.1. The molecule has 6 heteroatoms. The third kappa shape index (κ3) is 6.12. The molecule has 3 rings (SSSR count). The van der Waals surface area contributed by atoms with Crippen LogP contribution in [0.4, 0.5) is 8.78 Å². The van der Waals surface area contributed by atoms with Gasteiger partial charge in [-0.1, -0.05) is 45.0 Å². The molecule has 4 nitrogen and oxygen atoms in total. The second-order valence-electron chi connectivity index (χ2n) is 9.34. The Labute approximate surface area is 182 Å². The van der Waals surface area contributed by atoms with E-state index in [1.165, 1.54) is 24.3 Å². The lowest BCUT2D eigenvalue weighted by Crippen LogP contribution is -2.47. The number of hydrogen-bond acceptors (Lipinski definition) is 2. The van der Waals surface area contributed by atoms with Gasteiger partial charge in [0.2, 0.25) is 11.8 Å². The monoisotopic (exact) mass is 428 g/mol. The summed E-state index contributed by atoms with van der Waals surface area (Å²) >= 11 is 0. The minimum absolute atomic E-state index is 0.0602. The molecule has 2 unspecified atom stereocenters. The second-order valence-corrected chi connectivity index (χ2v) is 9.34. The standard InChI is InChI=1S/C25H30F2N2O2/c1-25(2,3)23(18-8-12-21(27)13-9-18)28-24(31)19-5-4-14-29(16-19)22(30)15-17-6-10-20(26)11-7-17/h6-13,19,23H,4-5,14-16H2,1-3H3,(H,28,31). The Hall–Kier alpha value is -2.76. The zero-order valence-corrected chi connectivity index (χ0v) is 18.3. The molecule has 2 aromatic rings. The number of benzene rings is 2. The molecule has 0 aliphatic carbocycles. The molecule has 1 aliphatic rings. The SMILES string of the molecule is CC(C)(C)C(NC(=O)C1CCCN(C(=O)Cc2ccc(F)cc2)C1)c1ccc(F)cc1. The molecular weight excluding hydrogens is 398 g/mol. The van der Waals surface area contributed by atoms with Gasteiger partial charge in [-0.2, -0.15) is 0 Å². The summed E-state index contributed by atoms with van der Waals surface area (Å²) in [6.07, 6.45) is 1.66. The number of piperidine rings is 1. The minimum atomic E-state index is -0.333. The van der Waals surface area contributed by atoms with Crippen LogP contribution < -0.4 is 5.32 Å². The van der Waals surface area contributed by atoms with E-state index < -0.39 is 0 Å². The molecule has 0 radical (unpaired) electrons. The van der Waals surface area contributed by atoms with Crippen molar-refractivity contribution < 1.29 is 18.4 Å². The molecular formula is C25H30F2N2O2. The van der Waals surface area contributed by atoms with Crippen LogP contribution in [0.1, 0.15) is 50.8 Å². The molecule has 1 heterocycles. The summed E-state index contributed by atoms with van der Waals surface area (Å²) in [6.45, 7) is 7.07. The van der Waals surface area contributed by atoms with Crippen LogP contribution in [-0.4, -0.2) is 29.8 Å². The summed E-state index contributed by atoms with van der Waals surface area (Å²) in [7, 11) is 0. The molecule has 1 aliphatic heterocycles. The molecule has 1 N–H and O–H groups in total. The first-order valence-corrected chi connectivity index (χ1v) is 10.7. The van der Waals surface area contributed by atoms with E-state index >= 15 is 0 Å². The Kier molecular flexibility index (Phi) is 7.08. The van der Waals surface area contributed by atoms with Gasteiger partial charge in [0.25, 0.3) is 0 Å². The van der Waals surface area contributed by atoms with E-state index in [1.54, 1.807) is 29.2 Å². The van der Waals surface area contributed by atoms with Crippen molar-refractivity contribution in [3.8, 4) is 0 Å². The smallest absolute Gasteiger partial charge is 0.227 e. The van der Waals surface area contributed by atoms with Crippen molar-refractivity contribution in [2.75, 3.05) is 13.1 Å². The van der Waals surface area contributed by atoms with Gasteiger partial charge in [-0.15, -0.1) is 0 Å². The number of halogens is 2. The van der Waals surface area contributed by atoms with Crippen molar-refractivity contribution in [1.82, 2.24) is 10.2 Å². The zero-order valence-electron chi connectivity index (χ0n) is 18.3. The van der Waals surface area contributed by atoms with Crippen molar-refractivity contribution in [3.63, 3.8) is 0 Å². The van der Waals surface area contributed by atoms with E-state index in [-0.39, 0.29) is 47.2 Å². The molecule has 0 aromatic heterocycles. The first-order valence-electron chi connectivity index (χ1n) is 10.7. The average molecular weight is 429 g/mol. The van der Waals surface area contributed by atoms with Gasteiger partial charge in [-0.25, -0.2) is 8.78 Å². The van der Waals surface area contributed by atoms with Crippen molar-refractivity contribution in [1.29, 1.82) is 0 Å². The van der Waals surface area contributed by atoms with Crippen LogP contribution >= 0.6 is 0 Å². The lowest BCUT2D eigenvalue weighted by molar-refractivity contribution is -0.135. The number of nitrogens with zero attached hydrogens (tertiary/aromatic N) is 1. The number of rotatable bonds is 5. The summed E-state index contributed by atoms with van der Waals surface area (Å²) < 4.78 is 26.4. The van der Waals surface area contributed by atoms with Gasteiger partial charge in [0.1, 0.15) is 11.6 Å². The largest absolute Gasteiger partial charge is 0.348 e. The van der Waals surface area contributed by atoms with Gasteiger partial charge < -0.3 is 10.2 Å². The Balaban J connectivity index is 1.65. The summed E-state index contributed by atoms with van der Waals surface area (Å²) in [6, 6.07) is 11.8. The molecule has 2 atom stereocenters. The third-order valence-electron chi connectivity index (χ3n) is 5.77. The van der Waals surface area contributed by atoms with Gasteiger partial charge in [-0.05, 0) is 53.6 Å². The molecule has 2 amide bonds. The molecule has 0 saturated carbocycles. The number of carbonyl (C=O) groups is 2. The number of likely N-dealkylation sites (tertiary alicyclic amines) is 1. The Bertz CT molecular complexity index is 905. The van der Waals surface area contributed by atoms with Gasteiger partial charge in [0.05, 0.1) is 18.4 Å². The average Bonchev–Trinajstić information content (AvgIpc) is 2.73. The Morgan fingerprint density at radius 1 is 1.03 bits per heavy atom. The van der Waals surface area contributed by atoms with Gasteiger partial charge in [0, 0.05) is 13.1 Å². The number of hydrogen-bond donors (Lipinski definition) is 1. The van der Waals surface area contributed by atoms with Crippen LogP contribution in [0, 0.1) is 23.0 Å². The van der Waals surface area contributed by atoms with E-state index in [2.05, 4.69) is 5.32 Å². The van der Waals surface area contributed by atoms with Crippen LogP contribution in [-0.2, 0) is 16.0 Å². The van der Waals surface area contributed by atoms with Crippen molar-refractivity contribution >= 4 is 11.8 Å². The van der Waals surface area contributed by atoms with Crippen molar-refractivity contribution in [2.45, 2.75) is 46.1 Å². The second kappa shape index (κ2) is 9.58. The maximum atomic E-state index is 13.4. The number of nitrogens with one attached hydrogen (secondary N) is 1. The summed E-state index contributed by atoms with van der Waals surface area (Å²) in [4.78, 5) is 27.5. The van der Waals surface area contributed by atoms with E-state index in [4.69, 9.17) is 0 Å². The van der Waals surface area contributed by atoms with E-state index in [1.807, 2.05) is 20.8 Å². The topological polar surface area (TPSA) is 49.4 Å². The van der Waals surface area contributed by atoms with Crippen molar-refractivity contribution in [2.24, 2.45) is 11.3 Å². The fourth-order valence-corrected chi connectivity index (χ4v) is 4.02. The lowest BCUT2D eigenvalue weighted by Gasteiger charge is -2.36. The van der Waals surface area contributed by atoms with Crippen LogP contribution in [0.15, 0.2) is 48.5 Å². The highest BCUT2D eigenvalue weighted by molar-refractivity contribution is 5.82. The molecule has 2 aromatic carbocycles. The lowest BCUT2D eigenvalue weighted by atomic mass is 9.81. The van der Waals surface area contributed by atoms with Gasteiger partial charge in [0.15, 0.2) is 0 Å². The minimum Gasteiger partial charge on any atom is -0.348 e. The molecule has 0 bridgehead atoms. The van der Waals surface area contributed by atoms with Crippen LogP contribution in [0.2, 0.25) is 0 Å². The van der Waals surface area contributed by atoms with Crippen LogP contribution in [0.3, 0.4) is 0 Å². The summed E-state index contributed by atoms with van der Waals surface area (Å²) in [5.41, 5.74) is 1.34. The summed E-state index contributed by atoms with van der Waals surface area (Å²) in [5.74, 6) is -1.10. The predicted octanol–water partition coefficient (Wildman–Crippen LogP) is 4.65. The highest BCUT2D eigenvalue weighted by Gasteiger charge is 2.33. The fraction of sp³-hybridized carbons (Fsp3) is 0.440. The quantitative estimate of drug-likeness (QED) is 0.754. The number of carbonyl (C=O) groups excluding carboxylic acids is 2. The first kappa shape index (κ1) is 22.9. The zero-order chi connectivity index (χ0) is 22.6. The third-order valence-corrected chi connectivity index (χ3v) is 5.77. The molecule has 166 valence electrons. The Morgan fingerprint density at radius 2 is 1.61 bits per heavy atom. The van der Waals surface area contributed by atoms with E-state index in [0.29, 0.717) is 19.5 Å². The molecule has 1 saturated heterocycles. The predicted molar refractivity (Wildman–Crippen MR) is 116 cm³/mol.